The second-order valence-electron chi connectivity index (χ2n) is 8.18. The molecule has 0 aliphatic heterocycles. The maximum atomic E-state index is 10.2. The fourth-order valence-corrected chi connectivity index (χ4v) is 3.71. The summed E-state index contributed by atoms with van der Waals surface area (Å²) in [6.07, 6.45) is 4.31. The zero-order valence-electron chi connectivity index (χ0n) is 16.8. The van der Waals surface area contributed by atoms with E-state index in [1.54, 1.807) is 6.07 Å². The first-order valence-corrected chi connectivity index (χ1v) is 9.86. The number of aliphatic hydroxyl groups is 1. The fourth-order valence-electron chi connectivity index (χ4n) is 3.71. The van der Waals surface area contributed by atoms with Crippen LogP contribution in [0.3, 0.4) is 0 Å². The lowest BCUT2D eigenvalue weighted by molar-refractivity contribution is 0.00926. The fraction of sp³-hybridized carbons (Fsp3) is 0.455. The van der Waals surface area contributed by atoms with Gasteiger partial charge in [0.1, 0.15) is 17.5 Å². The van der Waals surface area contributed by atoms with Crippen LogP contribution in [0.25, 0.3) is 0 Å². The second-order valence-corrected chi connectivity index (χ2v) is 8.18. The quantitative estimate of drug-likeness (QED) is 0.693. The zero-order chi connectivity index (χ0) is 20.9. The highest BCUT2D eigenvalue weighted by molar-refractivity contribution is 5.54. The number of nitriles is 2. The molecule has 7 heteroatoms. The summed E-state index contributed by atoms with van der Waals surface area (Å²) in [4.78, 5) is 8.73. The number of nitrogens with one attached hydrogen (secondary N) is 2. The van der Waals surface area contributed by atoms with Gasteiger partial charge in [0.15, 0.2) is 0 Å². The molecule has 1 heterocycles. The lowest BCUT2D eigenvalue weighted by Gasteiger charge is -2.40. The van der Waals surface area contributed by atoms with Gasteiger partial charge in [-0.3, -0.25) is 0 Å². The molecule has 7 nitrogen and oxygen atoms in total. The van der Waals surface area contributed by atoms with Gasteiger partial charge in [0.2, 0.25) is 5.95 Å². The third kappa shape index (κ3) is 5.22. The van der Waals surface area contributed by atoms with Crippen molar-refractivity contribution >= 4 is 11.8 Å². The van der Waals surface area contributed by atoms with Crippen LogP contribution in [0.5, 0.6) is 0 Å². The molecule has 1 aliphatic carbocycles. The number of aliphatic hydroxyl groups excluding tert-OH is 1. The van der Waals surface area contributed by atoms with Crippen LogP contribution in [0, 0.1) is 28.1 Å². The predicted molar refractivity (Wildman–Crippen MR) is 111 cm³/mol. The Morgan fingerprint density at radius 2 is 2.07 bits per heavy atom. The molecule has 2 atom stereocenters. The molecule has 3 rings (SSSR count). The van der Waals surface area contributed by atoms with E-state index in [0.717, 1.165) is 31.2 Å². The van der Waals surface area contributed by atoms with Crippen molar-refractivity contribution in [1.82, 2.24) is 9.97 Å². The van der Waals surface area contributed by atoms with Crippen molar-refractivity contribution in [2.24, 2.45) is 5.41 Å². The summed E-state index contributed by atoms with van der Waals surface area (Å²) < 4.78 is 0. The van der Waals surface area contributed by atoms with Gasteiger partial charge in [-0.05, 0) is 48.8 Å². The molecule has 1 aromatic heterocycles. The average molecular weight is 390 g/mol. The molecule has 3 N–H and O–H groups in total. The molecule has 0 spiro atoms. The minimum atomic E-state index is -0.307. The molecule has 1 aromatic carbocycles. The molecular weight excluding hydrogens is 364 g/mol. The van der Waals surface area contributed by atoms with E-state index in [9.17, 15) is 10.4 Å². The van der Waals surface area contributed by atoms with Gasteiger partial charge in [-0.15, -0.1) is 0 Å². The Balaban J connectivity index is 1.64. The van der Waals surface area contributed by atoms with Crippen molar-refractivity contribution in [3.05, 3.63) is 47.2 Å². The standard InChI is InChI=1S/C22H26N6O/c1-22(2)11-18(6-7-19(22)29)27-20-17(13-24)14-26-21(28-20)25-9-8-15-4-3-5-16(10-15)12-23/h3-5,10,14,18-19,29H,6-9,11H2,1-2H3,(H2,25,26,27,28)/t18-,19+/m1/s1. The van der Waals surface area contributed by atoms with Gasteiger partial charge < -0.3 is 15.7 Å². The number of anilines is 2. The Kier molecular flexibility index (Phi) is 6.31. The van der Waals surface area contributed by atoms with Gasteiger partial charge in [0, 0.05) is 12.6 Å². The third-order valence-electron chi connectivity index (χ3n) is 5.47. The summed E-state index contributed by atoms with van der Waals surface area (Å²) in [6, 6.07) is 11.9. The number of rotatable bonds is 6. The van der Waals surface area contributed by atoms with Gasteiger partial charge in [-0.1, -0.05) is 26.0 Å². The Morgan fingerprint density at radius 3 is 2.79 bits per heavy atom. The van der Waals surface area contributed by atoms with E-state index >= 15 is 0 Å². The topological polar surface area (TPSA) is 118 Å². The van der Waals surface area contributed by atoms with Crippen LogP contribution in [-0.4, -0.2) is 33.8 Å². The molecule has 1 aliphatic rings. The Bertz CT molecular complexity index is 943. The van der Waals surface area contributed by atoms with Gasteiger partial charge in [0.25, 0.3) is 0 Å². The molecule has 29 heavy (non-hydrogen) atoms. The summed E-state index contributed by atoms with van der Waals surface area (Å²) in [6.45, 7) is 4.73. The highest BCUT2D eigenvalue weighted by atomic mass is 16.3. The molecule has 1 fully saturated rings. The number of aromatic nitrogens is 2. The SMILES string of the molecule is CC1(C)C[C@H](Nc2nc(NCCc3cccc(C#N)c3)ncc2C#N)CC[C@@H]1O. The average Bonchev–Trinajstić information content (AvgIpc) is 2.71. The van der Waals surface area contributed by atoms with Crippen molar-refractivity contribution in [3.8, 4) is 12.1 Å². The van der Waals surface area contributed by atoms with E-state index < -0.39 is 0 Å². The summed E-state index contributed by atoms with van der Waals surface area (Å²) >= 11 is 0. The van der Waals surface area contributed by atoms with E-state index in [4.69, 9.17) is 5.26 Å². The van der Waals surface area contributed by atoms with Gasteiger partial charge in [-0.25, -0.2) is 4.98 Å². The maximum Gasteiger partial charge on any atom is 0.224 e. The van der Waals surface area contributed by atoms with Gasteiger partial charge in [-0.2, -0.15) is 15.5 Å². The first-order valence-electron chi connectivity index (χ1n) is 9.86. The van der Waals surface area contributed by atoms with E-state index in [1.807, 2.05) is 18.2 Å². The first-order chi connectivity index (χ1) is 13.9. The largest absolute Gasteiger partial charge is 0.393 e. The highest BCUT2D eigenvalue weighted by Crippen LogP contribution is 2.36. The van der Waals surface area contributed by atoms with Gasteiger partial charge >= 0.3 is 0 Å². The van der Waals surface area contributed by atoms with Crippen LogP contribution in [0.1, 0.15) is 49.8 Å². The number of hydrogen-bond donors (Lipinski definition) is 3. The predicted octanol–water partition coefficient (Wildman–Crippen LogP) is 3.23. The third-order valence-corrected chi connectivity index (χ3v) is 5.47. The van der Waals surface area contributed by atoms with Crippen LogP contribution in [-0.2, 0) is 6.42 Å². The van der Waals surface area contributed by atoms with E-state index in [-0.39, 0.29) is 17.6 Å². The normalized spacial score (nSPS) is 20.3. The molecule has 0 saturated heterocycles. The van der Waals surface area contributed by atoms with Crippen molar-refractivity contribution < 1.29 is 5.11 Å². The Labute approximate surface area is 171 Å². The van der Waals surface area contributed by atoms with Crippen LogP contribution < -0.4 is 10.6 Å². The van der Waals surface area contributed by atoms with E-state index in [1.165, 1.54) is 6.20 Å². The minimum absolute atomic E-state index is 0.150. The lowest BCUT2D eigenvalue weighted by Crippen LogP contribution is -2.41. The molecule has 0 unspecified atom stereocenters. The highest BCUT2D eigenvalue weighted by Gasteiger charge is 2.35. The van der Waals surface area contributed by atoms with Crippen molar-refractivity contribution in [2.75, 3.05) is 17.2 Å². The molecule has 1 saturated carbocycles. The summed E-state index contributed by atoms with van der Waals surface area (Å²) in [5.74, 6) is 0.978. The molecule has 0 bridgehead atoms. The molecular formula is C22H26N6O. The first kappa shape index (κ1) is 20.6. The van der Waals surface area contributed by atoms with Crippen molar-refractivity contribution in [2.45, 2.75) is 51.7 Å². The van der Waals surface area contributed by atoms with E-state index in [0.29, 0.717) is 29.4 Å². The number of benzene rings is 1. The smallest absolute Gasteiger partial charge is 0.224 e. The Morgan fingerprint density at radius 1 is 1.24 bits per heavy atom. The summed E-state index contributed by atoms with van der Waals surface area (Å²) in [5, 5.41) is 35.1. The molecule has 150 valence electrons. The summed E-state index contributed by atoms with van der Waals surface area (Å²) in [7, 11) is 0. The maximum absolute atomic E-state index is 10.2. The van der Waals surface area contributed by atoms with Crippen molar-refractivity contribution in [3.63, 3.8) is 0 Å². The number of nitrogens with zero attached hydrogens (tertiary/aromatic N) is 4. The van der Waals surface area contributed by atoms with Crippen LogP contribution in [0.15, 0.2) is 30.5 Å². The van der Waals surface area contributed by atoms with Gasteiger partial charge in [0.05, 0.1) is 23.9 Å². The lowest BCUT2D eigenvalue weighted by atomic mass is 9.73. The molecule has 2 aromatic rings. The molecule has 0 amide bonds. The van der Waals surface area contributed by atoms with Crippen LogP contribution >= 0.6 is 0 Å². The monoisotopic (exact) mass is 390 g/mol. The zero-order valence-corrected chi connectivity index (χ0v) is 16.8. The number of hydrogen-bond acceptors (Lipinski definition) is 7. The molecule has 0 radical (unpaired) electrons. The van der Waals surface area contributed by atoms with Crippen LogP contribution in [0.2, 0.25) is 0 Å². The van der Waals surface area contributed by atoms with E-state index in [2.05, 4.69) is 46.6 Å². The van der Waals surface area contributed by atoms with Crippen molar-refractivity contribution in [1.29, 1.82) is 10.5 Å². The van der Waals surface area contributed by atoms with Crippen LogP contribution in [0.4, 0.5) is 11.8 Å². The minimum Gasteiger partial charge on any atom is -0.393 e. The Hall–Kier alpha value is -3.16. The summed E-state index contributed by atoms with van der Waals surface area (Å²) in [5.41, 5.74) is 1.94. The second kappa shape index (κ2) is 8.89.